The number of imidazole rings is 1. The zero-order valence-electron chi connectivity index (χ0n) is 13.4. The van der Waals surface area contributed by atoms with E-state index in [0.29, 0.717) is 27.6 Å². The van der Waals surface area contributed by atoms with Gasteiger partial charge in [0.15, 0.2) is 0 Å². The zero-order valence-corrected chi connectivity index (χ0v) is 14.3. The van der Waals surface area contributed by atoms with Crippen LogP contribution in [0.2, 0.25) is 0 Å². The van der Waals surface area contributed by atoms with E-state index in [4.69, 9.17) is 0 Å². The molecule has 0 atom stereocenters. The molecule has 0 saturated heterocycles. The van der Waals surface area contributed by atoms with Crippen molar-refractivity contribution in [2.45, 2.75) is 16.8 Å². The number of thioether (sulfide) groups is 1. The minimum absolute atomic E-state index is 0.166. The molecular formula is C17H10F4N4OS. The molecule has 0 aliphatic carbocycles. The number of benzene rings is 1. The highest BCUT2D eigenvalue weighted by atomic mass is 32.2. The molecule has 0 bridgehead atoms. The summed E-state index contributed by atoms with van der Waals surface area (Å²) in [5.74, 6) is -1.42. The highest BCUT2D eigenvalue weighted by molar-refractivity contribution is 7.98. The minimum atomic E-state index is -4.69. The van der Waals surface area contributed by atoms with Crippen LogP contribution in [-0.4, -0.2) is 19.5 Å². The maximum absolute atomic E-state index is 13.7. The fourth-order valence-corrected chi connectivity index (χ4v) is 3.24. The number of pyridine rings is 1. The van der Waals surface area contributed by atoms with Gasteiger partial charge in [-0.3, -0.25) is 0 Å². The Morgan fingerprint density at radius 3 is 2.59 bits per heavy atom. The number of halogens is 4. The number of alkyl halides is 3. The fourth-order valence-electron chi connectivity index (χ4n) is 2.42. The third kappa shape index (κ3) is 3.65. The number of hydrogen-bond donors (Lipinski definition) is 0. The Labute approximate surface area is 154 Å². The van der Waals surface area contributed by atoms with Gasteiger partial charge in [0, 0.05) is 28.6 Å². The molecule has 0 spiro atoms. The SMILES string of the molecule is Fc1ccccc1SCc1cn2cc(-c3noc(C(F)(F)F)n3)ccc2n1. The van der Waals surface area contributed by atoms with Crippen LogP contribution in [0.3, 0.4) is 0 Å². The van der Waals surface area contributed by atoms with Crippen LogP contribution in [0.5, 0.6) is 0 Å². The van der Waals surface area contributed by atoms with Crippen LogP contribution < -0.4 is 0 Å². The number of hydrogen-bond acceptors (Lipinski definition) is 5. The summed E-state index contributed by atoms with van der Waals surface area (Å²) in [6, 6.07) is 9.63. The van der Waals surface area contributed by atoms with Crippen molar-refractivity contribution in [1.82, 2.24) is 19.5 Å². The van der Waals surface area contributed by atoms with E-state index in [2.05, 4.69) is 19.6 Å². The number of nitrogens with zero attached hydrogens (tertiary/aromatic N) is 4. The van der Waals surface area contributed by atoms with Crippen molar-refractivity contribution in [2.75, 3.05) is 0 Å². The van der Waals surface area contributed by atoms with E-state index in [1.54, 1.807) is 47.1 Å². The van der Waals surface area contributed by atoms with E-state index in [-0.39, 0.29) is 11.6 Å². The summed E-state index contributed by atoms with van der Waals surface area (Å²) in [4.78, 5) is 8.30. The fraction of sp³-hybridized carbons (Fsp3) is 0.118. The lowest BCUT2D eigenvalue weighted by Crippen LogP contribution is -2.04. The summed E-state index contributed by atoms with van der Waals surface area (Å²) in [5, 5.41) is 3.37. The van der Waals surface area contributed by atoms with Crippen molar-refractivity contribution in [2.24, 2.45) is 0 Å². The summed E-state index contributed by atoms with van der Waals surface area (Å²) in [6.07, 6.45) is -1.41. The summed E-state index contributed by atoms with van der Waals surface area (Å²) in [5.41, 5.74) is 1.65. The molecule has 138 valence electrons. The lowest BCUT2D eigenvalue weighted by Gasteiger charge is -2.00. The van der Waals surface area contributed by atoms with Crippen LogP contribution in [0.4, 0.5) is 17.6 Å². The number of rotatable bonds is 4. The summed E-state index contributed by atoms with van der Waals surface area (Å²) >= 11 is 1.31. The molecule has 0 fully saturated rings. The van der Waals surface area contributed by atoms with Crippen molar-refractivity contribution >= 4 is 17.4 Å². The van der Waals surface area contributed by atoms with Crippen LogP contribution in [0.25, 0.3) is 17.0 Å². The van der Waals surface area contributed by atoms with Gasteiger partial charge in [-0.2, -0.15) is 18.2 Å². The van der Waals surface area contributed by atoms with E-state index < -0.39 is 12.1 Å². The van der Waals surface area contributed by atoms with Crippen LogP contribution in [0.15, 0.2) is 58.2 Å². The predicted molar refractivity (Wildman–Crippen MR) is 89.4 cm³/mol. The summed E-state index contributed by atoms with van der Waals surface area (Å²) < 4.78 is 57.3. The number of fused-ring (bicyclic) bond motifs is 1. The third-order valence-electron chi connectivity index (χ3n) is 3.64. The first-order valence-corrected chi connectivity index (χ1v) is 8.65. The molecule has 10 heteroatoms. The maximum Gasteiger partial charge on any atom is 0.471 e. The second-order valence-electron chi connectivity index (χ2n) is 5.56. The van der Waals surface area contributed by atoms with E-state index in [1.165, 1.54) is 17.8 Å². The van der Waals surface area contributed by atoms with Gasteiger partial charge in [-0.1, -0.05) is 17.3 Å². The van der Waals surface area contributed by atoms with Crippen LogP contribution in [0.1, 0.15) is 11.6 Å². The molecule has 4 rings (SSSR count). The van der Waals surface area contributed by atoms with E-state index in [1.807, 2.05) is 0 Å². The van der Waals surface area contributed by atoms with Crippen molar-refractivity contribution in [1.29, 1.82) is 0 Å². The third-order valence-corrected chi connectivity index (χ3v) is 4.72. The van der Waals surface area contributed by atoms with Crippen LogP contribution >= 0.6 is 11.8 Å². The smallest absolute Gasteiger partial charge is 0.329 e. The van der Waals surface area contributed by atoms with Crippen molar-refractivity contribution in [3.63, 3.8) is 0 Å². The molecule has 0 aliphatic rings. The first kappa shape index (κ1) is 17.5. The lowest BCUT2D eigenvalue weighted by atomic mass is 10.3. The van der Waals surface area contributed by atoms with Crippen molar-refractivity contribution < 1.29 is 22.1 Å². The Kier molecular flexibility index (Phi) is 4.34. The van der Waals surface area contributed by atoms with Crippen LogP contribution in [0, 0.1) is 5.82 Å². The predicted octanol–water partition coefficient (Wildman–Crippen LogP) is 4.83. The van der Waals surface area contributed by atoms with Gasteiger partial charge >= 0.3 is 12.1 Å². The minimum Gasteiger partial charge on any atom is -0.329 e. The molecule has 0 aliphatic heterocycles. The van der Waals surface area contributed by atoms with Crippen molar-refractivity contribution in [3.8, 4) is 11.4 Å². The highest BCUT2D eigenvalue weighted by Crippen LogP contribution is 2.30. The average Bonchev–Trinajstić information content (AvgIpc) is 3.27. The van der Waals surface area contributed by atoms with Gasteiger partial charge in [-0.15, -0.1) is 11.8 Å². The van der Waals surface area contributed by atoms with E-state index in [0.717, 1.165) is 0 Å². The molecule has 0 saturated carbocycles. The van der Waals surface area contributed by atoms with Gasteiger partial charge in [-0.05, 0) is 24.3 Å². The molecule has 27 heavy (non-hydrogen) atoms. The molecule has 3 aromatic heterocycles. The quantitative estimate of drug-likeness (QED) is 0.366. The van der Waals surface area contributed by atoms with E-state index >= 15 is 0 Å². The molecule has 0 unspecified atom stereocenters. The normalized spacial score (nSPS) is 12.0. The second kappa shape index (κ2) is 6.69. The van der Waals surface area contributed by atoms with Gasteiger partial charge in [0.05, 0.1) is 5.69 Å². The Balaban J connectivity index is 1.57. The first-order chi connectivity index (χ1) is 12.9. The molecule has 0 amide bonds. The van der Waals surface area contributed by atoms with Gasteiger partial charge in [0.25, 0.3) is 0 Å². The Morgan fingerprint density at radius 2 is 1.85 bits per heavy atom. The van der Waals surface area contributed by atoms with E-state index in [9.17, 15) is 17.6 Å². The van der Waals surface area contributed by atoms with Crippen LogP contribution in [-0.2, 0) is 11.9 Å². The second-order valence-corrected chi connectivity index (χ2v) is 6.57. The summed E-state index contributed by atoms with van der Waals surface area (Å²) in [7, 11) is 0. The van der Waals surface area contributed by atoms with Gasteiger partial charge in [0.1, 0.15) is 11.5 Å². The molecule has 3 heterocycles. The summed E-state index contributed by atoms with van der Waals surface area (Å²) in [6.45, 7) is 0. The molecular weight excluding hydrogens is 384 g/mol. The topological polar surface area (TPSA) is 56.2 Å². The standard InChI is InChI=1S/C17H10F4N4OS/c18-12-3-1-2-4-13(12)27-9-11-8-25-7-10(5-6-14(25)22-11)15-23-16(26-24-15)17(19,20)21/h1-8H,9H2. The molecule has 0 radical (unpaired) electrons. The van der Waals surface area contributed by atoms with Gasteiger partial charge < -0.3 is 8.92 Å². The maximum atomic E-state index is 13.7. The molecule has 1 aromatic carbocycles. The zero-order chi connectivity index (χ0) is 19.0. The first-order valence-electron chi connectivity index (χ1n) is 7.66. The molecule has 0 N–H and O–H groups in total. The molecule has 5 nitrogen and oxygen atoms in total. The van der Waals surface area contributed by atoms with Gasteiger partial charge in [0.2, 0.25) is 5.82 Å². The Bertz CT molecular complexity index is 1110. The largest absolute Gasteiger partial charge is 0.471 e. The monoisotopic (exact) mass is 394 g/mol. The molecule has 4 aromatic rings. The average molecular weight is 394 g/mol. The highest BCUT2D eigenvalue weighted by Gasteiger charge is 2.38. The Morgan fingerprint density at radius 1 is 1.04 bits per heavy atom. The van der Waals surface area contributed by atoms with Gasteiger partial charge in [-0.25, -0.2) is 9.37 Å². The Hall–Kier alpha value is -2.88. The lowest BCUT2D eigenvalue weighted by molar-refractivity contribution is -0.159. The van der Waals surface area contributed by atoms with Crippen molar-refractivity contribution in [3.05, 3.63) is 66.2 Å². The number of aromatic nitrogens is 4.